The van der Waals surface area contributed by atoms with Crippen LogP contribution in [-0.4, -0.2) is 32.3 Å². The number of hydrogen-bond acceptors (Lipinski definition) is 3. The Balaban J connectivity index is 2.39. The third-order valence-electron chi connectivity index (χ3n) is 3.98. The van der Waals surface area contributed by atoms with Crippen molar-refractivity contribution >= 4 is 41.6 Å². The zero-order chi connectivity index (χ0) is 15.8. The molecular formula is C14H17BrClNO3S. The second-order valence-electron chi connectivity index (χ2n) is 5.33. The van der Waals surface area contributed by atoms with Gasteiger partial charge in [0.25, 0.3) is 15.0 Å². The number of likely N-dealkylation sites (tertiary alicyclic amines) is 1. The van der Waals surface area contributed by atoms with Crippen LogP contribution in [0.4, 0.5) is 0 Å². The largest absolute Gasteiger partial charge is 0.338 e. The SMILES string of the molecule is CCC1CCN(C(=O)c2cc(S(=O)(=O)Cl)cc(Br)c2C)C1. The summed E-state index contributed by atoms with van der Waals surface area (Å²) in [5.74, 6) is 0.393. The Kier molecular flexibility index (Phi) is 5.00. The highest BCUT2D eigenvalue weighted by Gasteiger charge is 2.28. The van der Waals surface area contributed by atoms with Crippen molar-refractivity contribution in [1.29, 1.82) is 0 Å². The summed E-state index contributed by atoms with van der Waals surface area (Å²) < 4.78 is 23.6. The molecule has 1 aromatic carbocycles. The van der Waals surface area contributed by atoms with Crippen molar-refractivity contribution in [2.24, 2.45) is 5.92 Å². The first-order valence-corrected chi connectivity index (χ1v) is 9.88. The Morgan fingerprint density at radius 2 is 2.14 bits per heavy atom. The predicted molar refractivity (Wildman–Crippen MR) is 86.2 cm³/mol. The van der Waals surface area contributed by atoms with E-state index in [-0.39, 0.29) is 10.8 Å². The highest BCUT2D eigenvalue weighted by Crippen LogP contribution is 2.29. The van der Waals surface area contributed by atoms with Crippen molar-refractivity contribution in [2.45, 2.75) is 31.6 Å². The molecule has 0 N–H and O–H groups in total. The number of carbonyl (C=O) groups is 1. The van der Waals surface area contributed by atoms with E-state index in [9.17, 15) is 13.2 Å². The maximum atomic E-state index is 12.6. The van der Waals surface area contributed by atoms with E-state index in [1.54, 1.807) is 11.8 Å². The normalized spacial score (nSPS) is 19.0. The van der Waals surface area contributed by atoms with Gasteiger partial charge in [-0.05, 0) is 37.0 Å². The van der Waals surface area contributed by atoms with E-state index in [0.29, 0.717) is 22.5 Å². The molecule has 7 heteroatoms. The van der Waals surface area contributed by atoms with Crippen LogP contribution in [0, 0.1) is 12.8 Å². The molecule has 1 atom stereocenters. The molecule has 0 spiro atoms. The summed E-state index contributed by atoms with van der Waals surface area (Å²) in [6.45, 7) is 5.34. The monoisotopic (exact) mass is 393 g/mol. The van der Waals surface area contributed by atoms with Gasteiger partial charge in [0.2, 0.25) is 0 Å². The lowest BCUT2D eigenvalue weighted by Crippen LogP contribution is -2.29. The number of benzene rings is 1. The van der Waals surface area contributed by atoms with Gasteiger partial charge in [-0.25, -0.2) is 8.42 Å². The number of carbonyl (C=O) groups excluding carboxylic acids is 1. The third-order valence-corrected chi connectivity index (χ3v) is 6.14. The van der Waals surface area contributed by atoms with Gasteiger partial charge in [-0.3, -0.25) is 4.79 Å². The van der Waals surface area contributed by atoms with Crippen molar-refractivity contribution in [1.82, 2.24) is 4.90 Å². The number of halogens is 2. The molecule has 1 fully saturated rings. The molecule has 1 amide bonds. The van der Waals surface area contributed by atoms with Crippen molar-refractivity contribution in [3.05, 3.63) is 27.7 Å². The van der Waals surface area contributed by atoms with Gasteiger partial charge in [0.05, 0.1) is 4.90 Å². The van der Waals surface area contributed by atoms with E-state index in [0.717, 1.165) is 24.9 Å². The highest BCUT2D eigenvalue weighted by atomic mass is 79.9. The van der Waals surface area contributed by atoms with Gasteiger partial charge in [0, 0.05) is 33.8 Å². The Hall–Kier alpha value is -0.590. The fraction of sp³-hybridized carbons (Fsp3) is 0.500. The lowest BCUT2D eigenvalue weighted by molar-refractivity contribution is 0.0786. The van der Waals surface area contributed by atoms with Crippen LogP contribution >= 0.6 is 26.6 Å². The molecule has 0 radical (unpaired) electrons. The van der Waals surface area contributed by atoms with Gasteiger partial charge in [-0.1, -0.05) is 29.3 Å². The topological polar surface area (TPSA) is 54.5 Å². The van der Waals surface area contributed by atoms with Crippen LogP contribution in [0.1, 0.15) is 35.7 Å². The van der Waals surface area contributed by atoms with Crippen LogP contribution in [0.15, 0.2) is 21.5 Å². The Morgan fingerprint density at radius 1 is 1.48 bits per heavy atom. The summed E-state index contributed by atoms with van der Waals surface area (Å²) in [7, 11) is 1.53. The molecule has 21 heavy (non-hydrogen) atoms. The van der Waals surface area contributed by atoms with E-state index >= 15 is 0 Å². The second-order valence-corrected chi connectivity index (χ2v) is 8.75. The zero-order valence-corrected chi connectivity index (χ0v) is 15.1. The molecule has 0 aromatic heterocycles. The van der Waals surface area contributed by atoms with E-state index in [4.69, 9.17) is 10.7 Å². The van der Waals surface area contributed by atoms with E-state index < -0.39 is 9.05 Å². The first-order valence-electron chi connectivity index (χ1n) is 6.78. The standard InChI is InChI=1S/C14H17BrClNO3S/c1-3-10-4-5-17(8-10)14(18)12-6-11(21(16,19)20)7-13(15)9(12)2/h6-7,10H,3-5,8H2,1-2H3. The van der Waals surface area contributed by atoms with Crippen LogP contribution < -0.4 is 0 Å². The highest BCUT2D eigenvalue weighted by molar-refractivity contribution is 9.10. The van der Waals surface area contributed by atoms with E-state index in [2.05, 4.69) is 22.9 Å². The first kappa shape index (κ1) is 16.8. The van der Waals surface area contributed by atoms with Crippen molar-refractivity contribution in [2.75, 3.05) is 13.1 Å². The predicted octanol–water partition coefficient (Wildman–Crippen LogP) is 3.56. The van der Waals surface area contributed by atoms with Crippen LogP contribution in [0.3, 0.4) is 0 Å². The molecule has 1 aliphatic heterocycles. The van der Waals surface area contributed by atoms with Gasteiger partial charge in [0.15, 0.2) is 0 Å². The van der Waals surface area contributed by atoms with Crippen LogP contribution in [0.5, 0.6) is 0 Å². The molecule has 0 bridgehead atoms. The molecule has 1 saturated heterocycles. The van der Waals surface area contributed by atoms with E-state index in [1.165, 1.54) is 12.1 Å². The van der Waals surface area contributed by atoms with Crippen LogP contribution in [0.25, 0.3) is 0 Å². The molecule has 2 rings (SSSR count). The average molecular weight is 395 g/mol. The second kappa shape index (κ2) is 6.26. The molecule has 4 nitrogen and oxygen atoms in total. The van der Waals surface area contributed by atoms with Gasteiger partial charge >= 0.3 is 0 Å². The summed E-state index contributed by atoms with van der Waals surface area (Å²) in [6.07, 6.45) is 2.04. The third kappa shape index (κ3) is 3.60. The molecule has 1 unspecified atom stereocenters. The first-order chi connectivity index (χ1) is 9.74. The quantitative estimate of drug-likeness (QED) is 0.737. The molecule has 1 aliphatic rings. The van der Waals surface area contributed by atoms with Crippen molar-refractivity contribution in [3.63, 3.8) is 0 Å². The average Bonchev–Trinajstić information content (AvgIpc) is 2.88. The van der Waals surface area contributed by atoms with Crippen LogP contribution in [-0.2, 0) is 9.05 Å². The van der Waals surface area contributed by atoms with Gasteiger partial charge in [0.1, 0.15) is 0 Å². The summed E-state index contributed by atoms with van der Waals surface area (Å²) in [4.78, 5) is 14.4. The molecule has 116 valence electrons. The lowest BCUT2D eigenvalue weighted by atomic mass is 10.1. The molecule has 1 aromatic rings. The van der Waals surface area contributed by atoms with Crippen molar-refractivity contribution < 1.29 is 13.2 Å². The lowest BCUT2D eigenvalue weighted by Gasteiger charge is -2.18. The fourth-order valence-electron chi connectivity index (χ4n) is 2.54. The summed E-state index contributed by atoms with van der Waals surface area (Å²) in [5, 5.41) is 0. The number of rotatable bonds is 3. The Bertz CT molecular complexity index is 675. The van der Waals surface area contributed by atoms with Gasteiger partial charge in [-0.15, -0.1) is 0 Å². The molecular weight excluding hydrogens is 378 g/mol. The minimum atomic E-state index is -3.87. The smallest absolute Gasteiger partial charge is 0.261 e. The van der Waals surface area contributed by atoms with Crippen LogP contribution in [0.2, 0.25) is 0 Å². The number of hydrogen-bond donors (Lipinski definition) is 0. The van der Waals surface area contributed by atoms with Gasteiger partial charge in [-0.2, -0.15) is 0 Å². The number of amides is 1. The minimum absolute atomic E-state index is 0.0590. The minimum Gasteiger partial charge on any atom is -0.338 e. The fourth-order valence-corrected chi connectivity index (χ4v) is 3.93. The van der Waals surface area contributed by atoms with Gasteiger partial charge < -0.3 is 4.90 Å². The maximum absolute atomic E-state index is 12.6. The maximum Gasteiger partial charge on any atom is 0.261 e. The zero-order valence-electron chi connectivity index (χ0n) is 11.9. The number of nitrogens with zero attached hydrogens (tertiary/aromatic N) is 1. The van der Waals surface area contributed by atoms with Crippen molar-refractivity contribution in [3.8, 4) is 0 Å². The molecule has 0 saturated carbocycles. The molecule has 0 aliphatic carbocycles. The Morgan fingerprint density at radius 3 is 2.67 bits per heavy atom. The summed E-state index contributed by atoms with van der Waals surface area (Å²) in [5.41, 5.74) is 1.12. The summed E-state index contributed by atoms with van der Waals surface area (Å²) >= 11 is 3.30. The Labute approximate surface area is 138 Å². The van der Waals surface area contributed by atoms with E-state index in [1.807, 2.05) is 0 Å². The summed E-state index contributed by atoms with van der Waals surface area (Å²) in [6, 6.07) is 2.79. The molecule has 1 heterocycles.